The van der Waals surface area contributed by atoms with E-state index in [1.165, 1.54) is 50.2 Å². The minimum atomic E-state index is -0.0205. The molecule has 2 heteroatoms. The van der Waals surface area contributed by atoms with Gasteiger partial charge < -0.3 is 9.80 Å². The molecule has 256 valence electrons. The average molecular weight is 683 g/mol. The van der Waals surface area contributed by atoms with Crippen molar-refractivity contribution in [1.29, 1.82) is 0 Å². The van der Waals surface area contributed by atoms with Gasteiger partial charge in [-0.2, -0.15) is 0 Å². The summed E-state index contributed by atoms with van der Waals surface area (Å²) in [6.07, 6.45) is 9.00. The van der Waals surface area contributed by atoms with Crippen molar-refractivity contribution in [2.24, 2.45) is 0 Å². The van der Waals surface area contributed by atoms with Crippen molar-refractivity contribution < 1.29 is 0 Å². The molecule has 53 heavy (non-hydrogen) atoms. The van der Waals surface area contributed by atoms with Gasteiger partial charge in [0.05, 0.1) is 0 Å². The van der Waals surface area contributed by atoms with E-state index in [0.29, 0.717) is 0 Å². The summed E-state index contributed by atoms with van der Waals surface area (Å²) < 4.78 is 0. The highest BCUT2D eigenvalue weighted by Crippen LogP contribution is 2.50. The summed E-state index contributed by atoms with van der Waals surface area (Å²) in [5, 5.41) is 0. The Kier molecular flexibility index (Phi) is 8.37. The SMILES string of the molecule is CC1(C)c2ccccc2-c2cc(N(c3ccccc3)c3ccc(-c4ccc(N(C5=CCCC=C5)c5ccc(-c6ccccc6)cc5)cc4)cc3)ccc21. The van der Waals surface area contributed by atoms with Crippen molar-refractivity contribution >= 4 is 28.4 Å². The third kappa shape index (κ3) is 6.07. The quantitative estimate of drug-likeness (QED) is 0.157. The number of hydrogen-bond acceptors (Lipinski definition) is 2. The van der Waals surface area contributed by atoms with Crippen molar-refractivity contribution in [1.82, 2.24) is 0 Å². The minimum Gasteiger partial charge on any atom is -0.311 e. The zero-order valence-electron chi connectivity index (χ0n) is 30.3. The molecule has 0 atom stereocenters. The summed E-state index contributed by atoms with van der Waals surface area (Å²) in [5.41, 5.74) is 17.2. The Bertz CT molecular complexity index is 2440. The van der Waals surface area contributed by atoms with E-state index in [0.717, 1.165) is 41.3 Å². The van der Waals surface area contributed by atoms with Gasteiger partial charge in [-0.1, -0.05) is 141 Å². The maximum absolute atomic E-state index is 2.38. The second-order valence-electron chi connectivity index (χ2n) is 14.5. The molecule has 0 amide bonds. The van der Waals surface area contributed by atoms with Crippen LogP contribution in [0.15, 0.2) is 200 Å². The van der Waals surface area contributed by atoms with Gasteiger partial charge in [-0.05, 0) is 124 Å². The summed E-state index contributed by atoms with van der Waals surface area (Å²) in [4.78, 5) is 4.73. The van der Waals surface area contributed by atoms with Gasteiger partial charge in [0.15, 0.2) is 0 Å². The number of rotatable bonds is 8. The number of anilines is 5. The van der Waals surface area contributed by atoms with Gasteiger partial charge in [0.25, 0.3) is 0 Å². The third-order valence-corrected chi connectivity index (χ3v) is 10.9. The van der Waals surface area contributed by atoms with E-state index in [4.69, 9.17) is 0 Å². The second kappa shape index (κ2) is 13.6. The molecular formula is C51H42N2. The van der Waals surface area contributed by atoms with Crippen LogP contribution in [-0.4, -0.2) is 0 Å². The topological polar surface area (TPSA) is 6.48 Å². The first-order chi connectivity index (χ1) is 26.0. The molecule has 0 saturated carbocycles. The molecule has 0 radical (unpaired) electrons. The van der Waals surface area contributed by atoms with Crippen molar-refractivity contribution in [3.05, 3.63) is 211 Å². The third-order valence-electron chi connectivity index (χ3n) is 10.9. The van der Waals surface area contributed by atoms with Crippen LogP contribution in [0.3, 0.4) is 0 Å². The number of hydrogen-bond donors (Lipinski definition) is 0. The smallest absolute Gasteiger partial charge is 0.0468 e. The average Bonchev–Trinajstić information content (AvgIpc) is 3.45. The van der Waals surface area contributed by atoms with Crippen LogP contribution in [-0.2, 0) is 5.41 Å². The molecular weight excluding hydrogens is 641 g/mol. The number of para-hydroxylation sites is 1. The molecule has 0 heterocycles. The zero-order valence-corrected chi connectivity index (χ0v) is 30.3. The van der Waals surface area contributed by atoms with E-state index in [9.17, 15) is 0 Å². The molecule has 2 aliphatic rings. The molecule has 0 fully saturated rings. The Morgan fingerprint density at radius 2 is 0.868 bits per heavy atom. The molecule has 0 saturated heterocycles. The normalized spacial score (nSPS) is 13.9. The molecule has 0 bridgehead atoms. The molecule has 0 aromatic heterocycles. The predicted molar refractivity (Wildman–Crippen MR) is 225 cm³/mol. The fourth-order valence-electron chi connectivity index (χ4n) is 8.12. The highest BCUT2D eigenvalue weighted by Gasteiger charge is 2.35. The fraction of sp³-hybridized carbons (Fsp3) is 0.0980. The molecule has 9 rings (SSSR count). The molecule has 7 aromatic carbocycles. The second-order valence-corrected chi connectivity index (χ2v) is 14.5. The van der Waals surface area contributed by atoms with Crippen LogP contribution in [0.25, 0.3) is 33.4 Å². The number of benzene rings is 7. The first-order valence-corrected chi connectivity index (χ1v) is 18.7. The number of allylic oxidation sites excluding steroid dienone is 3. The summed E-state index contributed by atoms with van der Waals surface area (Å²) >= 11 is 0. The van der Waals surface area contributed by atoms with E-state index in [1.807, 2.05) is 0 Å². The maximum atomic E-state index is 2.38. The minimum absolute atomic E-state index is 0.0205. The van der Waals surface area contributed by atoms with E-state index in [-0.39, 0.29) is 5.41 Å². The predicted octanol–water partition coefficient (Wildman–Crippen LogP) is 14.2. The van der Waals surface area contributed by atoms with Gasteiger partial charge in [0.2, 0.25) is 0 Å². The van der Waals surface area contributed by atoms with Crippen molar-refractivity contribution in [2.75, 3.05) is 9.80 Å². The van der Waals surface area contributed by atoms with E-state index in [1.54, 1.807) is 0 Å². The Labute approximate surface area is 313 Å². The zero-order chi connectivity index (χ0) is 35.8. The molecule has 2 aliphatic carbocycles. The van der Waals surface area contributed by atoms with Gasteiger partial charge in [-0.3, -0.25) is 0 Å². The summed E-state index contributed by atoms with van der Waals surface area (Å²) in [6, 6.07) is 64.0. The maximum Gasteiger partial charge on any atom is 0.0468 e. The van der Waals surface area contributed by atoms with Crippen LogP contribution in [0.5, 0.6) is 0 Å². The van der Waals surface area contributed by atoms with Crippen molar-refractivity contribution in [2.45, 2.75) is 32.1 Å². The summed E-state index contributed by atoms with van der Waals surface area (Å²) in [7, 11) is 0. The van der Waals surface area contributed by atoms with E-state index < -0.39 is 0 Å². The van der Waals surface area contributed by atoms with E-state index in [2.05, 4.69) is 218 Å². The lowest BCUT2D eigenvalue weighted by Crippen LogP contribution is -2.16. The Morgan fingerprint density at radius 3 is 1.45 bits per heavy atom. The number of nitrogens with zero attached hydrogens (tertiary/aromatic N) is 2. The molecule has 0 spiro atoms. The van der Waals surface area contributed by atoms with Crippen LogP contribution in [0.2, 0.25) is 0 Å². The molecule has 7 aromatic rings. The first-order valence-electron chi connectivity index (χ1n) is 18.7. The molecule has 0 aliphatic heterocycles. The van der Waals surface area contributed by atoms with Crippen LogP contribution in [0.1, 0.15) is 37.8 Å². The lowest BCUT2D eigenvalue weighted by molar-refractivity contribution is 0.660. The van der Waals surface area contributed by atoms with Crippen LogP contribution >= 0.6 is 0 Å². The van der Waals surface area contributed by atoms with Crippen LogP contribution in [0, 0.1) is 0 Å². The van der Waals surface area contributed by atoms with Crippen LogP contribution < -0.4 is 9.80 Å². The van der Waals surface area contributed by atoms with Gasteiger partial charge >= 0.3 is 0 Å². The van der Waals surface area contributed by atoms with Gasteiger partial charge in [-0.15, -0.1) is 0 Å². The fourth-order valence-corrected chi connectivity index (χ4v) is 8.12. The lowest BCUT2D eigenvalue weighted by Gasteiger charge is -2.28. The van der Waals surface area contributed by atoms with Crippen molar-refractivity contribution in [3.8, 4) is 33.4 Å². The first kappa shape index (κ1) is 32.5. The van der Waals surface area contributed by atoms with Gasteiger partial charge in [0, 0.05) is 39.5 Å². The summed E-state index contributed by atoms with van der Waals surface area (Å²) in [6.45, 7) is 4.67. The Morgan fingerprint density at radius 1 is 0.396 bits per heavy atom. The standard InChI is InChI=1S/C51H42N2/c1-51(2)49-21-13-12-20-47(49)48-36-46(34-35-50(48)51)53(42-18-10-5-11-19-42)45-32-26-40(27-33-45)39-24-30-44(31-25-39)52(41-16-8-4-9-17-41)43-28-22-38(23-29-43)37-14-6-3-7-15-37/h3,5-8,10-36H,4,9H2,1-2H3. The van der Waals surface area contributed by atoms with Gasteiger partial charge in [-0.25, -0.2) is 0 Å². The lowest BCUT2D eigenvalue weighted by atomic mass is 9.82. The van der Waals surface area contributed by atoms with E-state index >= 15 is 0 Å². The summed E-state index contributed by atoms with van der Waals surface area (Å²) in [5.74, 6) is 0. The molecule has 0 N–H and O–H groups in total. The Balaban J connectivity index is 1.03. The Hall–Kier alpha value is -6.38. The number of fused-ring (bicyclic) bond motifs is 3. The largest absolute Gasteiger partial charge is 0.311 e. The highest BCUT2D eigenvalue weighted by atomic mass is 15.1. The molecule has 0 unspecified atom stereocenters. The highest BCUT2D eigenvalue weighted by molar-refractivity contribution is 5.87. The van der Waals surface area contributed by atoms with Crippen LogP contribution in [0.4, 0.5) is 28.4 Å². The van der Waals surface area contributed by atoms with Crippen molar-refractivity contribution in [3.63, 3.8) is 0 Å². The van der Waals surface area contributed by atoms with Gasteiger partial charge in [0.1, 0.15) is 0 Å². The monoisotopic (exact) mass is 682 g/mol. The molecule has 2 nitrogen and oxygen atoms in total.